The van der Waals surface area contributed by atoms with Gasteiger partial charge in [-0.15, -0.1) is 11.8 Å². The molecule has 0 saturated carbocycles. The number of nitrogens with one attached hydrogen (secondary N) is 1. The molecule has 1 aliphatic rings. The van der Waals surface area contributed by atoms with E-state index in [9.17, 15) is 4.79 Å². The summed E-state index contributed by atoms with van der Waals surface area (Å²) in [4.78, 5) is 15.5. The van der Waals surface area contributed by atoms with Gasteiger partial charge in [0.2, 0.25) is 5.91 Å². The molecule has 0 unspecified atom stereocenters. The molecule has 1 atom stereocenters. The lowest BCUT2D eigenvalue weighted by molar-refractivity contribution is -0.129. The average molecular weight is 301 g/mol. The smallest absolute Gasteiger partial charge is 0.232 e. The molecule has 0 bridgehead atoms. The van der Waals surface area contributed by atoms with Gasteiger partial charge in [-0.05, 0) is 31.0 Å². The topological polar surface area (TPSA) is 49.0 Å². The van der Waals surface area contributed by atoms with E-state index in [1.54, 1.807) is 18.0 Å². The van der Waals surface area contributed by atoms with Gasteiger partial charge >= 0.3 is 0 Å². The van der Waals surface area contributed by atoms with E-state index in [1.165, 1.54) is 0 Å². The van der Waals surface area contributed by atoms with Crippen molar-refractivity contribution in [3.63, 3.8) is 0 Å². The van der Waals surface area contributed by atoms with Gasteiger partial charge in [-0.1, -0.05) is 18.2 Å². The van der Waals surface area contributed by atoms with E-state index in [1.807, 2.05) is 41.3 Å². The van der Waals surface area contributed by atoms with E-state index >= 15 is 0 Å². The number of carbonyl (C=O) groups excluding carboxylic acids is 1. The minimum atomic E-state index is 0.230. The summed E-state index contributed by atoms with van der Waals surface area (Å²) < 4.78 is 0. The van der Waals surface area contributed by atoms with Crippen LogP contribution in [-0.2, 0) is 4.79 Å². The highest BCUT2D eigenvalue weighted by molar-refractivity contribution is 8.00. The average Bonchev–Trinajstić information content (AvgIpc) is 3.08. The second kappa shape index (κ2) is 6.80. The predicted molar refractivity (Wildman–Crippen MR) is 84.3 cm³/mol. The highest BCUT2D eigenvalue weighted by Gasteiger charge is 2.25. The van der Waals surface area contributed by atoms with E-state index in [4.69, 9.17) is 0 Å². The van der Waals surface area contributed by atoms with Crippen molar-refractivity contribution in [2.75, 3.05) is 18.8 Å². The molecule has 2 aromatic rings. The van der Waals surface area contributed by atoms with Crippen LogP contribution in [0.4, 0.5) is 0 Å². The standard InChI is InChI=1S/C16H19N3OS/c20-16(12-21-14-6-2-1-3-7-14)19-10-4-5-13(11-19)15-8-9-17-18-15/h1-3,6-9,13H,4-5,10-12H2,(H,17,18)/t13-/m1/s1. The summed E-state index contributed by atoms with van der Waals surface area (Å²) in [6, 6.07) is 12.1. The van der Waals surface area contributed by atoms with Gasteiger partial charge in [-0.3, -0.25) is 9.89 Å². The van der Waals surface area contributed by atoms with Crippen LogP contribution in [0.15, 0.2) is 47.5 Å². The zero-order chi connectivity index (χ0) is 14.5. The van der Waals surface area contributed by atoms with E-state index in [0.717, 1.165) is 36.5 Å². The lowest BCUT2D eigenvalue weighted by atomic mass is 9.95. The maximum atomic E-state index is 12.4. The number of H-pyrrole nitrogens is 1. The monoisotopic (exact) mass is 301 g/mol. The number of carbonyl (C=O) groups is 1. The molecule has 2 heterocycles. The third kappa shape index (κ3) is 3.67. The summed E-state index contributed by atoms with van der Waals surface area (Å²) in [6.45, 7) is 1.68. The minimum Gasteiger partial charge on any atom is -0.341 e. The molecule has 1 amide bonds. The Balaban J connectivity index is 1.55. The lowest BCUT2D eigenvalue weighted by Crippen LogP contribution is -2.40. The van der Waals surface area contributed by atoms with Crippen LogP contribution in [-0.4, -0.2) is 39.8 Å². The number of thioether (sulfide) groups is 1. The van der Waals surface area contributed by atoms with Crippen molar-refractivity contribution >= 4 is 17.7 Å². The fourth-order valence-electron chi connectivity index (χ4n) is 2.70. The minimum absolute atomic E-state index is 0.230. The molecule has 110 valence electrons. The number of amides is 1. The van der Waals surface area contributed by atoms with E-state index in [2.05, 4.69) is 10.2 Å². The fourth-order valence-corrected chi connectivity index (χ4v) is 3.53. The molecule has 21 heavy (non-hydrogen) atoms. The highest BCUT2D eigenvalue weighted by atomic mass is 32.2. The first-order chi connectivity index (χ1) is 10.3. The lowest BCUT2D eigenvalue weighted by Gasteiger charge is -2.32. The molecular formula is C16H19N3OS. The molecule has 1 saturated heterocycles. The maximum absolute atomic E-state index is 12.4. The summed E-state index contributed by atoms with van der Waals surface area (Å²) in [5, 5.41) is 7.04. The Kier molecular flexibility index (Phi) is 4.60. The van der Waals surface area contributed by atoms with Crippen LogP contribution in [0.5, 0.6) is 0 Å². The van der Waals surface area contributed by atoms with Crippen molar-refractivity contribution in [1.29, 1.82) is 0 Å². The molecule has 3 rings (SSSR count). The first-order valence-electron chi connectivity index (χ1n) is 7.28. The Labute approximate surface area is 128 Å². The molecule has 0 spiro atoms. The van der Waals surface area contributed by atoms with E-state index < -0.39 is 0 Å². The summed E-state index contributed by atoms with van der Waals surface area (Å²) in [6.07, 6.45) is 3.96. The number of piperidine rings is 1. The number of aromatic nitrogens is 2. The fraction of sp³-hybridized carbons (Fsp3) is 0.375. The van der Waals surface area contributed by atoms with Crippen LogP contribution in [0.1, 0.15) is 24.5 Å². The number of aromatic amines is 1. The van der Waals surface area contributed by atoms with Crippen molar-refractivity contribution in [2.24, 2.45) is 0 Å². The molecule has 1 N–H and O–H groups in total. The molecule has 0 radical (unpaired) electrons. The molecule has 1 aliphatic heterocycles. The first-order valence-corrected chi connectivity index (χ1v) is 8.26. The van der Waals surface area contributed by atoms with Gasteiger partial charge in [0.15, 0.2) is 0 Å². The van der Waals surface area contributed by atoms with Crippen LogP contribution in [0.2, 0.25) is 0 Å². The molecule has 0 aliphatic carbocycles. The predicted octanol–water partition coefficient (Wildman–Crippen LogP) is 2.91. The van der Waals surface area contributed by atoms with Crippen molar-refractivity contribution in [3.05, 3.63) is 48.3 Å². The summed E-state index contributed by atoms with van der Waals surface area (Å²) in [7, 11) is 0. The number of hydrogen-bond acceptors (Lipinski definition) is 3. The van der Waals surface area contributed by atoms with Crippen LogP contribution in [0, 0.1) is 0 Å². The Hall–Kier alpha value is -1.75. The summed E-state index contributed by atoms with van der Waals surface area (Å²) in [5.41, 5.74) is 1.14. The zero-order valence-corrected chi connectivity index (χ0v) is 12.7. The third-order valence-electron chi connectivity index (χ3n) is 3.84. The van der Waals surface area contributed by atoms with Crippen LogP contribution in [0.3, 0.4) is 0 Å². The Morgan fingerprint density at radius 2 is 2.19 bits per heavy atom. The molecule has 1 aromatic carbocycles. The van der Waals surface area contributed by atoms with Crippen molar-refractivity contribution < 1.29 is 4.79 Å². The number of nitrogens with zero attached hydrogens (tertiary/aromatic N) is 2. The van der Waals surface area contributed by atoms with Crippen LogP contribution < -0.4 is 0 Å². The van der Waals surface area contributed by atoms with Gasteiger partial charge in [0.05, 0.1) is 5.75 Å². The quantitative estimate of drug-likeness (QED) is 0.883. The highest BCUT2D eigenvalue weighted by Crippen LogP contribution is 2.26. The second-order valence-electron chi connectivity index (χ2n) is 5.29. The number of rotatable bonds is 4. The summed E-state index contributed by atoms with van der Waals surface area (Å²) in [5.74, 6) is 1.14. The largest absolute Gasteiger partial charge is 0.341 e. The Bertz CT molecular complexity index is 570. The van der Waals surface area contributed by atoms with Gasteiger partial charge in [-0.2, -0.15) is 5.10 Å². The first kappa shape index (κ1) is 14.2. The second-order valence-corrected chi connectivity index (χ2v) is 6.34. The molecular weight excluding hydrogens is 282 g/mol. The molecule has 4 nitrogen and oxygen atoms in total. The SMILES string of the molecule is O=C(CSc1ccccc1)N1CCC[C@@H](c2ccn[nH]2)C1. The Morgan fingerprint density at radius 1 is 1.33 bits per heavy atom. The van der Waals surface area contributed by atoms with E-state index in [0.29, 0.717) is 11.7 Å². The third-order valence-corrected chi connectivity index (χ3v) is 4.84. The maximum Gasteiger partial charge on any atom is 0.232 e. The van der Waals surface area contributed by atoms with Gasteiger partial charge in [0.25, 0.3) is 0 Å². The van der Waals surface area contributed by atoms with Crippen molar-refractivity contribution in [3.8, 4) is 0 Å². The van der Waals surface area contributed by atoms with Gasteiger partial charge in [0.1, 0.15) is 0 Å². The molecule has 1 aromatic heterocycles. The van der Waals surface area contributed by atoms with E-state index in [-0.39, 0.29) is 5.91 Å². The number of benzene rings is 1. The van der Waals surface area contributed by atoms with Gasteiger partial charge in [-0.25, -0.2) is 0 Å². The number of likely N-dealkylation sites (tertiary alicyclic amines) is 1. The number of hydrogen-bond donors (Lipinski definition) is 1. The zero-order valence-electron chi connectivity index (χ0n) is 11.9. The summed E-state index contributed by atoms with van der Waals surface area (Å²) >= 11 is 1.61. The normalized spacial score (nSPS) is 18.7. The van der Waals surface area contributed by atoms with Crippen LogP contribution >= 0.6 is 11.8 Å². The van der Waals surface area contributed by atoms with Gasteiger partial charge in [0, 0.05) is 35.8 Å². The van der Waals surface area contributed by atoms with Crippen molar-refractivity contribution in [2.45, 2.75) is 23.7 Å². The van der Waals surface area contributed by atoms with Crippen LogP contribution in [0.25, 0.3) is 0 Å². The molecule has 1 fully saturated rings. The molecule has 5 heteroatoms. The Morgan fingerprint density at radius 3 is 2.95 bits per heavy atom. The van der Waals surface area contributed by atoms with Gasteiger partial charge < -0.3 is 4.90 Å². The van der Waals surface area contributed by atoms with Crippen molar-refractivity contribution in [1.82, 2.24) is 15.1 Å².